The number of hydrogen-bond donors (Lipinski definition) is 0. The Morgan fingerprint density at radius 1 is 0.905 bits per heavy atom. The fourth-order valence-corrected chi connectivity index (χ4v) is 2.26. The number of aryl methyl sites for hydroxylation is 1. The van der Waals surface area contributed by atoms with Crippen LogP contribution in [0, 0.1) is 0 Å². The van der Waals surface area contributed by atoms with Gasteiger partial charge in [-0.15, -0.1) is 0 Å². The van der Waals surface area contributed by atoms with Crippen LogP contribution in [0.3, 0.4) is 0 Å². The average molecular weight is 301 g/mol. The number of rotatable bonds is 7. The maximum atomic E-state index is 11.9. The van der Waals surface area contributed by atoms with Gasteiger partial charge in [0.05, 0.1) is 6.42 Å². The minimum absolute atomic E-state index is 0.00202. The van der Waals surface area contributed by atoms with Gasteiger partial charge in [-0.2, -0.15) is 0 Å². The van der Waals surface area contributed by atoms with Crippen LogP contribution in [0.2, 0.25) is 5.02 Å². The average Bonchev–Trinajstić information content (AvgIpc) is 2.50. The lowest BCUT2D eigenvalue weighted by Crippen LogP contribution is -2.08. The third-order valence-electron chi connectivity index (χ3n) is 3.29. The molecule has 2 rings (SSSR count). The second-order valence-corrected chi connectivity index (χ2v) is 5.42. The standard InChI is InChI=1S/C18H17ClO2/c19-16-11-9-14(10-12-16)5-4-8-17(20)13-18(21)15-6-2-1-3-7-15/h1-3,6-7,9-12H,4-5,8,13H2. The fraction of sp³-hybridized carbons (Fsp3) is 0.222. The van der Waals surface area contributed by atoms with Crippen LogP contribution in [-0.2, 0) is 11.2 Å². The summed E-state index contributed by atoms with van der Waals surface area (Å²) in [6.45, 7) is 0. The molecule has 0 atom stereocenters. The molecule has 0 aliphatic rings. The molecule has 0 aliphatic heterocycles. The summed E-state index contributed by atoms with van der Waals surface area (Å²) in [5.74, 6) is -0.107. The Bertz CT molecular complexity index is 603. The predicted octanol–water partition coefficient (Wildman–Crippen LogP) is 4.50. The number of halogens is 1. The first-order valence-corrected chi connectivity index (χ1v) is 7.37. The minimum Gasteiger partial charge on any atom is -0.299 e. The Hall–Kier alpha value is -1.93. The van der Waals surface area contributed by atoms with Crippen molar-refractivity contribution in [3.63, 3.8) is 0 Å². The highest BCUT2D eigenvalue weighted by Crippen LogP contribution is 2.12. The highest BCUT2D eigenvalue weighted by Gasteiger charge is 2.11. The number of benzene rings is 2. The number of carbonyl (C=O) groups is 2. The van der Waals surface area contributed by atoms with Crippen LogP contribution in [0.15, 0.2) is 54.6 Å². The van der Waals surface area contributed by atoms with Crippen molar-refractivity contribution in [1.82, 2.24) is 0 Å². The summed E-state index contributed by atoms with van der Waals surface area (Å²) >= 11 is 5.82. The van der Waals surface area contributed by atoms with Gasteiger partial charge in [0.25, 0.3) is 0 Å². The zero-order valence-corrected chi connectivity index (χ0v) is 12.5. The van der Waals surface area contributed by atoms with Crippen LogP contribution < -0.4 is 0 Å². The van der Waals surface area contributed by atoms with E-state index in [0.717, 1.165) is 18.4 Å². The van der Waals surface area contributed by atoms with Gasteiger partial charge in [0.1, 0.15) is 5.78 Å². The van der Waals surface area contributed by atoms with Crippen molar-refractivity contribution in [3.8, 4) is 0 Å². The van der Waals surface area contributed by atoms with Crippen molar-refractivity contribution in [2.75, 3.05) is 0 Å². The SMILES string of the molecule is O=C(CCCc1ccc(Cl)cc1)CC(=O)c1ccccc1. The van der Waals surface area contributed by atoms with Crippen molar-refractivity contribution >= 4 is 23.2 Å². The smallest absolute Gasteiger partial charge is 0.170 e. The van der Waals surface area contributed by atoms with Crippen LogP contribution in [0.5, 0.6) is 0 Å². The van der Waals surface area contributed by atoms with Gasteiger partial charge in [0.15, 0.2) is 5.78 Å². The lowest BCUT2D eigenvalue weighted by Gasteiger charge is -2.02. The van der Waals surface area contributed by atoms with Crippen molar-refractivity contribution in [1.29, 1.82) is 0 Å². The molecule has 0 radical (unpaired) electrons. The van der Waals surface area contributed by atoms with Crippen molar-refractivity contribution in [3.05, 3.63) is 70.7 Å². The van der Waals surface area contributed by atoms with Crippen LogP contribution in [-0.4, -0.2) is 11.6 Å². The molecule has 0 saturated carbocycles. The summed E-state index contributed by atoms with van der Waals surface area (Å²) in [7, 11) is 0. The molecule has 0 N–H and O–H groups in total. The molecular weight excluding hydrogens is 284 g/mol. The monoisotopic (exact) mass is 300 g/mol. The number of hydrogen-bond acceptors (Lipinski definition) is 2. The second-order valence-electron chi connectivity index (χ2n) is 4.98. The second kappa shape index (κ2) is 7.75. The Morgan fingerprint density at radius 3 is 2.24 bits per heavy atom. The van der Waals surface area contributed by atoms with Gasteiger partial charge in [0, 0.05) is 17.0 Å². The van der Waals surface area contributed by atoms with Crippen LogP contribution in [0.25, 0.3) is 0 Å². The maximum Gasteiger partial charge on any atom is 0.170 e. The van der Waals surface area contributed by atoms with E-state index in [1.54, 1.807) is 24.3 Å². The molecule has 2 nitrogen and oxygen atoms in total. The summed E-state index contributed by atoms with van der Waals surface area (Å²) in [4.78, 5) is 23.7. The van der Waals surface area contributed by atoms with Crippen LogP contribution in [0.4, 0.5) is 0 Å². The Labute approximate surface area is 129 Å². The van der Waals surface area contributed by atoms with Gasteiger partial charge in [0.2, 0.25) is 0 Å². The first-order valence-electron chi connectivity index (χ1n) is 6.99. The van der Waals surface area contributed by atoms with E-state index in [2.05, 4.69) is 0 Å². The molecule has 21 heavy (non-hydrogen) atoms. The predicted molar refractivity (Wildman–Crippen MR) is 84.8 cm³/mol. The molecule has 0 aliphatic carbocycles. The molecule has 0 aromatic heterocycles. The van der Waals surface area contributed by atoms with Crippen molar-refractivity contribution in [2.24, 2.45) is 0 Å². The number of ketones is 2. The summed E-state index contributed by atoms with van der Waals surface area (Å²) in [6, 6.07) is 16.5. The fourth-order valence-electron chi connectivity index (χ4n) is 2.13. The molecule has 0 heterocycles. The van der Waals surface area contributed by atoms with Crippen molar-refractivity contribution in [2.45, 2.75) is 25.7 Å². The molecule has 0 fully saturated rings. The van der Waals surface area contributed by atoms with Gasteiger partial charge in [-0.05, 0) is 30.5 Å². The Kier molecular flexibility index (Phi) is 5.70. The third-order valence-corrected chi connectivity index (χ3v) is 3.54. The van der Waals surface area contributed by atoms with Gasteiger partial charge in [-0.3, -0.25) is 9.59 Å². The van der Waals surface area contributed by atoms with Gasteiger partial charge in [-0.1, -0.05) is 54.1 Å². The molecule has 2 aromatic carbocycles. The van der Waals surface area contributed by atoms with Gasteiger partial charge >= 0.3 is 0 Å². The molecular formula is C18H17ClO2. The summed E-state index contributed by atoms with van der Waals surface area (Å²) in [5, 5.41) is 0.711. The topological polar surface area (TPSA) is 34.1 Å². The lowest BCUT2D eigenvalue weighted by atomic mass is 10.0. The zero-order valence-electron chi connectivity index (χ0n) is 11.7. The summed E-state index contributed by atoms with van der Waals surface area (Å²) < 4.78 is 0. The van der Waals surface area contributed by atoms with E-state index in [1.165, 1.54) is 0 Å². The number of Topliss-reactive ketones (excluding diaryl/α,β-unsaturated/α-hetero) is 2. The molecule has 0 saturated heterocycles. The molecule has 0 bridgehead atoms. The minimum atomic E-state index is -0.105. The Morgan fingerprint density at radius 2 is 1.57 bits per heavy atom. The highest BCUT2D eigenvalue weighted by atomic mass is 35.5. The molecule has 0 spiro atoms. The van der Waals surface area contributed by atoms with E-state index in [9.17, 15) is 9.59 Å². The van der Waals surface area contributed by atoms with Gasteiger partial charge < -0.3 is 0 Å². The van der Waals surface area contributed by atoms with Crippen LogP contribution >= 0.6 is 11.6 Å². The third kappa shape index (κ3) is 5.16. The normalized spacial score (nSPS) is 10.3. The highest BCUT2D eigenvalue weighted by molar-refractivity contribution is 6.30. The largest absolute Gasteiger partial charge is 0.299 e. The summed E-state index contributed by atoms with van der Waals surface area (Å²) in [6.07, 6.45) is 2.00. The van der Waals surface area contributed by atoms with E-state index >= 15 is 0 Å². The van der Waals surface area contributed by atoms with Crippen LogP contribution in [0.1, 0.15) is 35.2 Å². The first-order chi connectivity index (χ1) is 10.1. The maximum absolute atomic E-state index is 11.9. The van der Waals surface area contributed by atoms with E-state index in [4.69, 9.17) is 11.6 Å². The Balaban J connectivity index is 1.75. The van der Waals surface area contributed by atoms with E-state index < -0.39 is 0 Å². The molecule has 2 aromatic rings. The number of carbonyl (C=O) groups excluding carboxylic acids is 2. The molecule has 3 heteroatoms. The summed E-state index contributed by atoms with van der Waals surface area (Å²) in [5.41, 5.74) is 1.75. The van der Waals surface area contributed by atoms with E-state index in [1.807, 2.05) is 30.3 Å². The zero-order chi connectivity index (χ0) is 15.1. The first kappa shape index (κ1) is 15.5. The van der Waals surface area contributed by atoms with Gasteiger partial charge in [-0.25, -0.2) is 0 Å². The molecule has 0 amide bonds. The quantitative estimate of drug-likeness (QED) is 0.557. The molecule has 108 valence electrons. The van der Waals surface area contributed by atoms with E-state index in [-0.39, 0.29) is 18.0 Å². The lowest BCUT2D eigenvalue weighted by molar-refractivity contribution is -0.118. The molecule has 0 unspecified atom stereocenters. The van der Waals surface area contributed by atoms with Crippen molar-refractivity contribution < 1.29 is 9.59 Å². The van der Waals surface area contributed by atoms with E-state index in [0.29, 0.717) is 17.0 Å².